The van der Waals surface area contributed by atoms with Crippen LogP contribution in [-0.2, 0) is 5.41 Å². The standard InChI is InChI=1S/C32H37N3O3/c1-21-16-30(2)18-31(3,17-21)20-32(4,19-30)23-10-14-25(15-11-23)34-28(36)22-8-12-24(13-9-22)33-27-7-5-6-26(35-27)29(37)38/h5-15,21H,16-20H2,1-4H3,(H,33,35)(H,34,36)(H,37,38). The zero-order valence-corrected chi connectivity index (χ0v) is 22.7. The SMILES string of the molecule is CC1CC2(C)CC(C)(C1)CC(C)(c1ccc(NC(=O)c3ccc(Nc4cccc(C(=O)O)n4)cc3)cc1)C2. The molecule has 2 aromatic carbocycles. The number of nitrogens with zero attached hydrogens (tertiary/aromatic N) is 1. The third-order valence-corrected chi connectivity index (χ3v) is 8.40. The normalized spacial score (nSPS) is 28.4. The first-order valence-corrected chi connectivity index (χ1v) is 13.4. The molecule has 2 bridgehead atoms. The number of anilines is 3. The van der Waals surface area contributed by atoms with Gasteiger partial charge in [-0.3, -0.25) is 4.79 Å². The molecule has 1 aromatic heterocycles. The minimum Gasteiger partial charge on any atom is -0.477 e. The van der Waals surface area contributed by atoms with E-state index >= 15 is 0 Å². The van der Waals surface area contributed by atoms with Crippen LogP contribution in [0.4, 0.5) is 17.2 Å². The van der Waals surface area contributed by atoms with Gasteiger partial charge in [-0.15, -0.1) is 0 Å². The lowest BCUT2D eigenvalue weighted by molar-refractivity contribution is -0.0413. The van der Waals surface area contributed by atoms with Crippen molar-refractivity contribution in [2.75, 3.05) is 10.6 Å². The van der Waals surface area contributed by atoms with E-state index in [0.717, 1.165) is 11.6 Å². The van der Waals surface area contributed by atoms with Crippen LogP contribution in [0.25, 0.3) is 0 Å². The van der Waals surface area contributed by atoms with Crippen LogP contribution >= 0.6 is 0 Å². The lowest BCUT2D eigenvalue weighted by atomic mass is 9.47. The molecule has 38 heavy (non-hydrogen) atoms. The van der Waals surface area contributed by atoms with Gasteiger partial charge >= 0.3 is 5.97 Å². The fourth-order valence-corrected chi connectivity index (χ4v) is 7.98. The minimum atomic E-state index is -1.08. The summed E-state index contributed by atoms with van der Waals surface area (Å²) in [5.41, 5.74) is 4.28. The number of carbonyl (C=O) groups is 2. The molecule has 5 rings (SSSR count). The van der Waals surface area contributed by atoms with Crippen LogP contribution < -0.4 is 10.6 Å². The highest BCUT2D eigenvalue weighted by Gasteiger charge is 2.52. The van der Waals surface area contributed by atoms with Crippen molar-refractivity contribution in [2.45, 2.75) is 65.2 Å². The Labute approximate surface area is 224 Å². The third-order valence-electron chi connectivity index (χ3n) is 8.40. The number of rotatable bonds is 6. The van der Waals surface area contributed by atoms with Crippen molar-refractivity contribution in [3.63, 3.8) is 0 Å². The molecule has 3 aromatic rings. The molecule has 0 spiro atoms. The lowest BCUT2D eigenvalue weighted by Gasteiger charge is -2.58. The highest BCUT2D eigenvalue weighted by molar-refractivity contribution is 6.04. The Morgan fingerprint density at radius 3 is 2.05 bits per heavy atom. The highest BCUT2D eigenvalue weighted by Crippen LogP contribution is 2.62. The Bertz CT molecular complexity index is 1330. The topological polar surface area (TPSA) is 91.3 Å². The van der Waals surface area contributed by atoms with Gasteiger partial charge in [-0.2, -0.15) is 0 Å². The molecular formula is C32H37N3O3. The number of hydrogen-bond donors (Lipinski definition) is 3. The molecule has 2 fully saturated rings. The second-order valence-electron chi connectivity index (χ2n) is 12.7. The first-order chi connectivity index (χ1) is 17.9. The van der Waals surface area contributed by atoms with E-state index in [0.29, 0.717) is 27.9 Å². The second kappa shape index (κ2) is 9.57. The van der Waals surface area contributed by atoms with Crippen LogP contribution in [0.1, 0.15) is 86.2 Å². The third kappa shape index (κ3) is 5.45. The molecular weight excluding hydrogens is 474 g/mol. The zero-order valence-electron chi connectivity index (χ0n) is 22.7. The van der Waals surface area contributed by atoms with Crippen LogP contribution in [-0.4, -0.2) is 22.0 Å². The summed E-state index contributed by atoms with van der Waals surface area (Å²) in [6.45, 7) is 9.81. The van der Waals surface area contributed by atoms with Gasteiger partial charge in [0.1, 0.15) is 5.82 Å². The van der Waals surface area contributed by atoms with E-state index in [9.17, 15) is 9.59 Å². The molecule has 1 heterocycles. The summed E-state index contributed by atoms with van der Waals surface area (Å²) in [5.74, 6) is -0.0365. The number of carboxylic acid groups (broad SMARTS) is 1. The maximum absolute atomic E-state index is 12.9. The number of nitrogens with one attached hydrogen (secondary N) is 2. The molecule has 2 aliphatic rings. The van der Waals surface area contributed by atoms with Crippen molar-refractivity contribution in [3.8, 4) is 0 Å². The Balaban J connectivity index is 1.24. The smallest absolute Gasteiger partial charge is 0.354 e. The Kier molecular flexibility index (Phi) is 6.54. The van der Waals surface area contributed by atoms with Gasteiger partial charge in [0.2, 0.25) is 0 Å². The fraction of sp³-hybridized carbons (Fsp3) is 0.406. The average Bonchev–Trinajstić information content (AvgIpc) is 2.83. The van der Waals surface area contributed by atoms with Crippen molar-refractivity contribution in [3.05, 3.63) is 83.6 Å². The summed E-state index contributed by atoms with van der Waals surface area (Å²) in [5, 5.41) is 15.2. The van der Waals surface area contributed by atoms with E-state index in [1.54, 1.807) is 36.4 Å². The fourth-order valence-electron chi connectivity index (χ4n) is 7.98. The van der Waals surface area contributed by atoms with E-state index in [2.05, 4.69) is 55.4 Å². The highest BCUT2D eigenvalue weighted by atomic mass is 16.4. The van der Waals surface area contributed by atoms with Gasteiger partial charge in [0.15, 0.2) is 5.69 Å². The number of pyridine rings is 1. The van der Waals surface area contributed by atoms with E-state index in [1.165, 1.54) is 43.7 Å². The summed E-state index contributed by atoms with van der Waals surface area (Å²) >= 11 is 0. The van der Waals surface area contributed by atoms with Crippen molar-refractivity contribution >= 4 is 29.1 Å². The molecule has 198 valence electrons. The van der Waals surface area contributed by atoms with Gasteiger partial charge in [-0.1, -0.05) is 45.9 Å². The molecule has 0 radical (unpaired) electrons. The molecule has 0 aliphatic heterocycles. The molecule has 2 atom stereocenters. The summed E-state index contributed by atoms with van der Waals surface area (Å²) in [6, 6.07) is 20.2. The number of benzene rings is 2. The molecule has 2 saturated carbocycles. The summed E-state index contributed by atoms with van der Waals surface area (Å²) < 4.78 is 0. The molecule has 6 nitrogen and oxygen atoms in total. The van der Waals surface area contributed by atoms with E-state index in [1.807, 2.05) is 12.1 Å². The van der Waals surface area contributed by atoms with Gasteiger partial charge in [0, 0.05) is 16.9 Å². The number of fused-ring (bicyclic) bond motifs is 2. The van der Waals surface area contributed by atoms with Gasteiger partial charge in [0.05, 0.1) is 0 Å². The largest absolute Gasteiger partial charge is 0.477 e. The van der Waals surface area contributed by atoms with Crippen molar-refractivity contribution in [2.24, 2.45) is 16.7 Å². The van der Waals surface area contributed by atoms with E-state index in [4.69, 9.17) is 5.11 Å². The van der Waals surface area contributed by atoms with Gasteiger partial charge in [-0.25, -0.2) is 9.78 Å². The molecule has 0 saturated heterocycles. The van der Waals surface area contributed by atoms with E-state index < -0.39 is 5.97 Å². The second-order valence-corrected chi connectivity index (χ2v) is 12.7. The minimum absolute atomic E-state index is 0.0321. The molecule has 2 aliphatic carbocycles. The maximum atomic E-state index is 12.9. The summed E-state index contributed by atoms with van der Waals surface area (Å²) in [4.78, 5) is 28.1. The number of hydrogen-bond acceptors (Lipinski definition) is 4. The van der Waals surface area contributed by atoms with Crippen LogP contribution in [0, 0.1) is 16.7 Å². The Morgan fingerprint density at radius 1 is 0.842 bits per heavy atom. The first kappa shape index (κ1) is 26.0. The summed E-state index contributed by atoms with van der Waals surface area (Å²) in [6.07, 6.45) is 6.37. The van der Waals surface area contributed by atoms with Gasteiger partial charge in [0.25, 0.3) is 5.91 Å². The van der Waals surface area contributed by atoms with Crippen molar-refractivity contribution < 1.29 is 14.7 Å². The number of carbonyl (C=O) groups excluding carboxylic acids is 1. The van der Waals surface area contributed by atoms with Crippen LogP contribution in [0.15, 0.2) is 66.7 Å². The lowest BCUT2D eigenvalue weighted by Crippen LogP contribution is -2.49. The monoisotopic (exact) mass is 511 g/mol. The van der Waals surface area contributed by atoms with Gasteiger partial charge < -0.3 is 15.7 Å². The Morgan fingerprint density at radius 2 is 1.45 bits per heavy atom. The predicted octanol–water partition coefficient (Wildman–Crippen LogP) is 7.66. The molecule has 1 amide bonds. The quantitative estimate of drug-likeness (QED) is 0.316. The van der Waals surface area contributed by atoms with Crippen LogP contribution in [0.5, 0.6) is 0 Å². The van der Waals surface area contributed by atoms with Gasteiger partial charge in [-0.05, 0) is 108 Å². The summed E-state index contributed by atoms with van der Waals surface area (Å²) in [7, 11) is 0. The predicted molar refractivity (Wildman–Crippen MR) is 151 cm³/mol. The van der Waals surface area contributed by atoms with Crippen LogP contribution in [0.2, 0.25) is 0 Å². The number of amides is 1. The first-order valence-electron chi connectivity index (χ1n) is 13.4. The number of carboxylic acids is 1. The van der Waals surface area contributed by atoms with E-state index in [-0.39, 0.29) is 17.0 Å². The van der Waals surface area contributed by atoms with Crippen LogP contribution in [0.3, 0.4) is 0 Å². The van der Waals surface area contributed by atoms with Crippen molar-refractivity contribution in [1.82, 2.24) is 4.98 Å². The maximum Gasteiger partial charge on any atom is 0.354 e. The molecule has 3 N–H and O–H groups in total. The van der Waals surface area contributed by atoms with Crippen molar-refractivity contribution in [1.29, 1.82) is 0 Å². The molecule has 6 heteroatoms. The Hall–Kier alpha value is -3.67. The zero-order chi connectivity index (χ0) is 27.1. The number of aromatic nitrogens is 1. The average molecular weight is 512 g/mol. The number of aromatic carboxylic acids is 1. The molecule has 2 unspecified atom stereocenters.